The van der Waals surface area contributed by atoms with Crippen LogP contribution >= 0.6 is 23.5 Å². The van der Waals surface area contributed by atoms with Gasteiger partial charge in [-0.25, -0.2) is 0 Å². The molecule has 2 heterocycles. The summed E-state index contributed by atoms with van der Waals surface area (Å²) in [5, 5.41) is 0.137. The summed E-state index contributed by atoms with van der Waals surface area (Å²) in [6.45, 7) is 0.710. The van der Waals surface area contributed by atoms with Crippen molar-refractivity contribution < 1.29 is 9.53 Å². The van der Waals surface area contributed by atoms with Gasteiger partial charge in [-0.15, -0.1) is 11.8 Å². The first-order chi connectivity index (χ1) is 6.88. The Hall–Kier alpha value is -0.0900. The molecule has 2 aliphatic heterocycles. The summed E-state index contributed by atoms with van der Waals surface area (Å²) in [6.07, 6.45) is 3.99. The van der Waals surface area contributed by atoms with Gasteiger partial charge in [0.1, 0.15) is 0 Å². The number of hydrogen-bond acceptors (Lipinski definition) is 4. The van der Waals surface area contributed by atoms with Crippen LogP contribution < -0.4 is 0 Å². The minimum Gasteiger partial charge on any atom is -0.490 e. The molecule has 0 aromatic rings. The van der Waals surface area contributed by atoms with Gasteiger partial charge in [0.05, 0.1) is 11.9 Å². The lowest BCUT2D eigenvalue weighted by molar-refractivity contribution is -0.118. The van der Waals surface area contributed by atoms with Gasteiger partial charge in [-0.3, -0.25) is 4.79 Å². The van der Waals surface area contributed by atoms with Crippen molar-refractivity contribution >= 4 is 29.3 Å². The molecule has 0 saturated carbocycles. The van der Waals surface area contributed by atoms with Gasteiger partial charge < -0.3 is 4.74 Å². The van der Waals surface area contributed by atoms with E-state index in [2.05, 4.69) is 0 Å². The molecular formula is C10H14O2S2. The van der Waals surface area contributed by atoms with Crippen molar-refractivity contribution in [3.63, 3.8) is 0 Å². The first-order valence-electron chi connectivity index (χ1n) is 4.94. The zero-order valence-electron chi connectivity index (χ0n) is 8.03. The molecule has 1 saturated heterocycles. The summed E-state index contributed by atoms with van der Waals surface area (Å²) in [4.78, 5) is 11.9. The molecule has 1 atom stereocenters. The maximum absolute atomic E-state index is 11.9. The van der Waals surface area contributed by atoms with Crippen molar-refractivity contribution in [3.05, 3.63) is 11.8 Å². The van der Waals surface area contributed by atoms with Gasteiger partial charge in [0.15, 0.2) is 5.76 Å². The molecule has 0 bridgehead atoms. The van der Waals surface area contributed by atoms with Crippen LogP contribution in [0.25, 0.3) is 0 Å². The van der Waals surface area contributed by atoms with Gasteiger partial charge in [-0.2, -0.15) is 11.8 Å². The van der Waals surface area contributed by atoms with Gasteiger partial charge >= 0.3 is 0 Å². The van der Waals surface area contributed by atoms with E-state index >= 15 is 0 Å². The first-order valence-corrected chi connectivity index (χ1v) is 7.15. The van der Waals surface area contributed by atoms with Gasteiger partial charge in [-0.05, 0) is 18.9 Å². The predicted octanol–water partition coefficient (Wildman–Crippen LogP) is 2.10. The molecule has 0 spiro atoms. The van der Waals surface area contributed by atoms with Crippen molar-refractivity contribution in [2.75, 3.05) is 23.9 Å². The van der Waals surface area contributed by atoms with E-state index in [4.69, 9.17) is 4.74 Å². The fourth-order valence-corrected chi connectivity index (χ4v) is 4.14. The topological polar surface area (TPSA) is 26.3 Å². The Morgan fingerprint density at radius 3 is 3.07 bits per heavy atom. The minimum atomic E-state index is 0.137. The lowest BCUT2D eigenvalue weighted by Gasteiger charge is -2.22. The third kappa shape index (κ3) is 2.48. The molecular weight excluding hydrogens is 216 g/mol. The van der Waals surface area contributed by atoms with Crippen molar-refractivity contribution in [2.24, 2.45) is 0 Å². The van der Waals surface area contributed by atoms with Crippen molar-refractivity contribution in [1.82, 2.24) is 0 Å². The molecule has 0 radical (unpaired) electrons. The average molecular weight is 230 g/mol. The summed E-state index contributed by atoms with van der Waals surface area (Å²) in [5.41, 5.74) is 0. The molecule has 2 rings (SSSR count). The standard InChI is InChI=1S/C10H14O2S2/c11-10(8-3-1-2-4-12-8)9-7-13-5-6-14-9/h3,9H,1-2,4-7H2. The van der Waals surface area contributed by atoms with Crippen LogP contribution in [0.4, 0.5) is 0 Å². The highest BCUT2D eigenvalue weighted by Crippen LogP contribution is 2.27. The highest BCUT2D eigenvalue weighted by molar-refractivity contribution is 8.07. The molecule has 1 unspecified atom stereocenters. The second-order valence-electron chi connectivity index (χ2n) is 3.36. The summed E-state index contributed by atoms with van der Waals surface area (Å²) >= 11 is 3.64. The van der Waals surface area contributed by atoms with Crippen LogP contribution in [0.1, 0.15) is 12.8 Å². The van der Waals surface area contributed by atoms with E-state index in [9.17, 15) is 4.79 Å². The summed E-state index contributed by atoms with van der Waals surface area (Å²) in [7, 11) is 0. The molecule has 0 N–H and O–H groups in total. The smallest absolute Gasteiger partial charge is 0.210 e. The fraction of sp³-hybridized carbons (Fsp3) is 0.700. The number of carbonyl (C=O) groups excluding carboxylic acids is 1. The lowest BCUT2D eigenvalue weighted by Crippen LogP contribution is -2.27. The summed E-state index contributed by atoms with van der Waals surface area (Å²) in [6, 6.07) is 0. The molecule has 78 valence electrons. The van der Waals surface area contributed by atoms with Crippen molar-refractivity contribution in [2.45, 2.75) is 18.1 Å². The number of rotatable bonds is 2. The molecule has 2 aliphatic rings. The number of Topliss-reactive ketones (excluding diaryl/α,β-unsaturated/α-hetero) is 1. The fourth-order valence-electron chi connectivity index (χ4n) is 1.53. The van der Waals surface area contributed by atoms with Crippen LogP contribution in [0, 0.1) is 0 Å². The van der Waals surface area contributed by atoms with Crippen molar-refractivity contribution in [1.29, 1.82) is 0 Å². The molecule has 4 heteroatoms. The van der Waals surface area contributed by atoms with Crippen molar-refractivity contribution in [3.8, 4) is 0 Å². The van der Waals surface area contributed by atoms with Gasteiger partial charge in [0, 0.05) is 17.3 Å². The van der Waals surface area contributed by atoms with Crippen LogP contribution in [0.2, 0.25) is 0 Å². The molecule has 1 fully saturated rings. The Labute approximate surface area is 92.8 Å². The van der Waals surface area contributed by atoms with Gasteiger partial charge in [0.2, 0.25) is 5.78 Å². The Kier molecular flexibility index (Phi) is 3.81. The number of thioether (sulfide) groups is 2. The van der Waals surface area contributed by atoms with Gasteiger partial charge in [-0.1, -0.05) is 0 Å². The zero-order valence-corrected chi connectivity index (χ0v) is 9.66. The number of allylic oxidation sites excluding steroid dienone is 2. The largest absolute Gasteiger partial charge is 0.490 e. The number of carbonyl (C=O) groups is 1. The van der Waals surface area contributed by atoms with Gasteiger partial charge in [0.25, 0.3) is 0 Å². The Morgan fingerprint density at radius 1 is 1.50 bits per heavy atom. The second kappa shape index (κ2) is 5.12. The molecule has 2 nitrogen and oxygen atoms in total. The normalized spacial score (nSPS) is 27.7. The van der Waals surface area contributed by atoms with E-state index in [1.54, 1.807) is 11.8 Å². The molecule has 0 aliphatic carbocycles. The Balaban J connectivity index is 1.95. The predicted molar refractivity (Wildman–Crippen MR) is 61.8 cm³/mol. The second-order valence-corrected chi connectivity index (χ2v) is 5.82. The van der Waals surface area contributed by atoms with E-state index in [0.717, 1.165) is 24.3 Å². The molecule has 0 aromatic heterocycles. The summed E-state index contributed by atoms with van der Waals surface area (Å²) in [5.74, 6) is 4.05. The number of ketones is 1. The monoisotopic (exact) mass is 230 g/mol. The van der Waals surface area contributed by atoms with E-state index in [1.807, 2.05) is 17.8 Å². The summed E-state index contributed by atoms with van der Waals surface area (Å²) < 4.78 is 5.38. The molecule has 14 heavy (non-hydrogen) atoms. The quantitative estimate of drug-likeness (QED) is 0.725. The Bertz CT molecular complexity index is 245. The van der Waals surface area contributed by atoms with Crippen LogP contribution in [0.3, 0.4) is 0 Å². The number of ether oxygens (including phenoxy) is 1. The zero-order chi connectivity index (χ0) is 9.80. The first kappa shape index (κ1) is 10.4. The van der Waals surface area contributed by atoms with Crippen LogP contribution in [0.15, 0.2) is 11.8 Å². The van der Waals surface area contributed by atoms with E-state index < -0.39 is 0 Å². The average Bonchev–Trinajstić information content (AvgIpc) is 2.30. The third-order valence-corrected chi connectivity index (χ3v) is 5.04. The highest BCUT2D eigenvalue weighted by Gasteiger charge is 2.26. The Morgan fingerprint density at radius 2 is 2.43 bits per heavy atom. The van der Waals surface area contributed by atoms with Crippen LogP contribution in [-0.4, -0.2) is 34.9 Å². The molecule has 0 amide bonds. The number of hydrogen-bond donors (Lipinski definition) is 0. The maximum Gasteiger partial charge on any atom is 0.210 e. The van der Waals surface area contributed by atoms with Crippen LogP contribution in [-0.2, 0) is 9.53 Å². The SMILES string of the molecule is O=C(C1=CCCCO1)C1CSCCS1. The van der Waals surface area contributed by atoms with E-state index in [-0.39, 0.29) is 11.0 Å². The minimum absolute atomic E-state index is 0.137. The lowest BCUT2D eigenvalue weighted by atomic mass is 10.1. The highest BCUT2D eigenvalue weighted by atomic mass is 32.2. The van der Waals surface area contributed by atoms with E-state index in [1.165, 1.54) is 5.75 Å². The third-order valence-electron chi connectivity index (χ3n) is 2.29. The van der Waals surface area contributed by atoms with Crippen LogP contribution in [0.5, 0.6) is 0 Å². The molecule has 0 aromatic carbocycles. The maximum atomic E-state index is 11.9. The van der Waals surface area contributed by atoms with E-state index in [0.29, 0.717) is 12.4 Å².